The largest absolute Gasteiger partial charge is 0.451 e. The summed E-state index contributed by atoms with van der Waals surface area (Å²) in [6.07, 6.45) is 0. The van der Waals surface area contributed by atoms with Crippen LogP contribution in [0.25, 0.3) is 10.1 Å². The molecule has 0 saturated carbocycles. The molecular formula is C16H17FN2O4S. The van der Waals surface area contributed by atoms with Gasteiger partial charge in [0, 0.05) is 16.1 Å². The molecule has 0 bridgehead atoms. The summed E-state index contributed by atoms with van der Waals surface area (Å²) < 4.78 is 19.1. The van der Waals surface area contributed by atoms with Gasteiger partial charge in [0.1, 0.15) is 10.7 Å². The summed E-state index contributed by atoms with van der Waals surface area (Å²) >= 11 is 1.09. The number of amides is 2. The normalized spacial score (nSPS) is 10.7. The lowest BCUT2D eigenvalue weighted by molar-refractivity contribution is -0.128. The minimum Gasteiger partial charge on any atom is -0.451 e. The van der Waals surface area contributed by atoms with E-state index in [1.165, 1.54) is 12.1 Å². The second-order valence-corrected chi connectivity index (χ2v) is 6.42. The number of halogens is 1. The first kappa shape index (κ1) is 17.9. The Morgan fingerprint density at radius 2 is 2.00 bits per heavy atom. The molecule has 8 heteroatoms. The molecule has 0 fully saturated rings. The van der Waals surface area contributed by atoms with Gasteiger partial charge in [-0.15, -0.1) is 11.3 Å². The number of fused-ring (bicyclic) bond motifs is 1. The molecule has 0 unspecified atom stereocenters. The molecule has 0 aliphatic heterocycles. The zero-order chi connectivity index (χ0) is 17.7. The number of esters is 1. The summed E-state index contributed by atoms with van der Waals surface area (Å²) in [7, 11) is 0. The van der Waals surface area contributed by atoms with Gasteiger partial charge in [0.05, 0.1) is 6.54 Å². The molecule has 0 spiro atoms. The maximum atomic E-state index is 13.6. The fraction of sp³-hybridized carbons (Fsp3) is 0.312. The summed E-state index contributed by atoms with van der Waals surface area (Å²) in [6.45, 7) is 2.90. The van der Waals surface area contributed by atoms with Crippen LogP contribution in [-0.4, -0.2) is 37.0 Å². The third-order valence-corrected chi connectivity index (χ3v) is 4.02. The molecule has 1 aromatic carbocycles. The number of benzene rings is 1. The second kappa shape index (κ2) is 7.87. The van der Waals surface area contributed by atoms with Gasteiger partial charge in [-0.2, -0.15) is 0 Å². The van der Waals surface area contributed by atoms with Crippen LogP contribution in [0.4, 0.5) is 4.39 Å². The quantitative estimate of drug-likeness (QED) is 0.777. The predicted molar refractivity (Wildman–Crippen MR) is 88.4 cm³/mol. The van der Waals surface area contributed by atoms with Crippen LogP contribution in [0, 0.1) is 5.82 Å². The van der Waals surface area contributed by atoms with Crippen molar-refractivity contribution in [3.63, 3.8) is 0 Å². The highest BCUT2D eigenvalue weighted by molar-refractivity contribution is 7.20. The van der Waals surface area contributed by atoms with Gasteiger partial charge in [-0.25, -0.2) is 9.18 Å². The van der Waals surface area contributed by atoms with Gasteiger partial charge in [-0.3, -0.25) is 9.59 Å². The van der Waals surface area contributed by atoms with Crippen LogP contribution in [0.5, 0.6) is 0 Å². The van der Waals surface area contributed by atoms with Gasteiger partial charge in [-0.1, -0.05) is 6.07 Å². The molecule has 128 valence electrons. The van der Waals surface area contributed by atoms with Gasteiger partial charge >= 0.3 is 5.97 Å². The van der Waals surface area contributed by atoms with E-state index in [2.05, 4.69) is 10.6 Å². The smallest absolute Gasteiger partial charge is 0.348 e. The van der Waals surface area contributed by atoms with Gasteiger partial charge in [-0.05, 0) is 32.0 Å². The van der Waals surface area contributed by atoms with E-state index < -0.39 is 24.3 Å². The summed E-state index contributed by atoms with van der Waals surface area (Å²) in [6, 6.07) is 5.92. The third-order valence-electron chi connectivity index (χ3n) is 2.94. The number of carbonyl (C=O) groups is 3. The molecule has 0 aliphatic rings. The first-order valence-corrected chi connectivity index (χ1v) is 8.09. The minimum atomic E-state index is -0.711. The highest BCUT2D eigenvalue weighted by atomic mass is 32.1. The fourth-order valence-electron chi connectivity index (χ4n) is 1.93. The standard InChI is InChI=1S/C16H17FN2O4S/c1-9(2)19-14(20)7-18-15(21)8-23-16(22)13-6-10-11(17)4-3-5-12(10)24-13/h3-6,9H,7-8H2,1-2H3,(H,18,21)(H,19,20). The average Bonchev–Trinajstić information content (AvgIpc) is 2.95. The van der Waals surface area contributed by atoms with Crippen LogP contribution in [0.3, 0.4) is 0 Å². The van der Waals surface area contributed by atoms with E-state index in [-0.39, 0.29) is 23.4 Å². The molecule has 0 atom stereocenters. The van der Waals surface area contributed by atoms with Crippen molar-refractivity contribution in [1.29, 1.82) is 0 Å². The van der Waals surface area contributed by atoms with Gasteiger partial charge in [0.2, 0.25) is 5.91 Å². The highest BCUT2D eigenvalue weighted by Gasteiger charge is 2.15. The minimum absolute atomic E-state index is 0.0272. The van der Waals surface area contributed by atoms with Crippen LogP contribution in [0.15, 0.2) is 24.3 Å². The Balaban J connectivity index is 1.84. The Labute approximate surface area is 142 Å². The molecule has 24 heavy (non-hydrogen) atoms. The van der Waals surface area contributed by atoms with Gasteiger partial charge in [0.25, 0.3) is 5.91 Å². The zero-order valence-electron chi connectivity index (χ0n) is 13.2. The maximum absolute atomic E-state index is 13.6. The number of ether oxygens (including phenoxy) is 1. The van der Waals surface area contributed by atoms with Crippen LogP contribution in [0.1, 0.15) is 23.5 Å². The van der Waals surface area contributed by atoms with Crippen molar-refractivity contribution in [2.45, 2.75) is 19.9 Å². The Bertz CT molecular complexity index is 773. The van der Waals surface area contributed by atoms with E-state index >= 15 is 0 Å². The second-order valence-electron chi connectivity index (χ2n) is 5.34. The van der Waals surface area contributed by atoms with Crippen molar-refractivity contribution in [3.05, 3.63) is 35.0 Å². The number of hydrogen-bond donors (Lipinski definition) is 2. The molecule has 1 aromatic heterocycles. The molecule has 6 nitrogen and oxygen atoms in total. The topological polar surface area (TPSA) is 84.5 Å². The molecular weight excluding hydrogens is 335 g/mol. The Hall–Kier alpha value is -2.48. The van der Waals surface area contributed by atoms with E-state index in [1.807, 2.05) is 0 Å². The average molecular weight is 352 g/mol. The van der Waals surface area contributed by atoms with Crippen LogP contribution >= 0.6 is 11.3 Å². The van der Waals surface area contributed by atoms with Crippen molar-refractivity contribution in [2.24, 2.45) is 0 Å². The fourth-order valence-corrected chi connectivity index (χ4v) is 2.90. The van der Waals surface area contributed by atoms with Crippen molar-refractivity contribution in [1.82, 2.24) is 10.6 Å². The number of carbonyl (C=O) groups excluding carboxylic acids is 3. The van der Waals surface area contributed by atoms with Crippen molar-refractivity contribution in [2.75, 3.05) is 13.2 Å². The number of rotatable bonds is 6. The number of hydrogen-bond acceptors (Lipinski definition) is 5. The monoisotopic (exact) mass is 352 g/mol. The molecule has 2 N–H and O–H groups in total. The van der Waals surface area contributed by atoms with E-state index in [1.54, 1.807) is 26.0 Å². The Morgan fingerprint density at radius 1 is 1.25 bits per heavy atom. The van der Waals surface area contributed by atoms with Crippen molar-refractivity contribution >= 4 is 39.2 Å². The summed E-state index contributed by atoms with van der Waals surface area (Å²) in [4.78, 5) is 35.1. The number of nitrogens with one attached hydrogen (secondary N) is 2. The molecule has 2 rings (SSSR count). The first-order chi connectivity index (χ1) is 11.4. The SMILES string of the molecule is CC(C)NC(=O)CNC(=O)COC(=O)c1cc2c(F)cccc2s1. The lowest BCUT2D eigenvalue weighted by atomic mass is 10.2. The lowest BCUT2D eigenvalue weighted by Crippen LogP contribution is -2.41. The van der Waals surface area contributed by atoms with E-state index in [0.717, 1.165) is 11.3 Å². The Morgan fingerprint density at radius 3 is 2.67 bits per heavy atom. The van der Waals surface area contributed by atoms with Crippen LogP contribution < -0.4 is 10.6 Å². The highest BCUT2D eigenvalue weighted by Crippen LogP contribution is 2.27. The van der Waals surface area contributed by atoms with E-state index in [4.69, 9.17) is 4.74 Å². The summed E-state index contributed by atoms with van der Waals surface area (Å²) in [5.41, 5.74) is 0. The lowest BCUT2D eigenvalue weighted by Gasteiger charge is -2.09. The number of thiophene rings is 1. The molecule has 2 aromatic rings. The van der Waals surface area contributed by atoms with Gasteiger partial charge in [0.15, 0.2) is 6.61 Å². The molecule has 0 saturated heterocycles. The zero-order valence-corrected chi connectivity index (χ0v) is 14.0. The summed E-state index contributed by atoms with van der Waals surface area (Å²) in [5, 5.41) is 5.30. The molecule has 1 heterocycles. The van der Waals surface area contributed by atoms with E-state index in [9.17, 15) is 18.8 Å². The Kier molecular flexibility index (Phi) is 5.86. The predicted octanol–water partition coefficient (Wildman–Crippen LogP) is 1.84. The summed E-state index contributed by atoms with van der Waals surface area (Å²) in [5.74, 6) is -2.05. The maximum Gasteiger partial charge on any atom is 0.348 e. The van der Waals surface area contributed by atoms with Crippen molar-refractivity contribution < 1.29 is 23.5 Å². The van der Waals surface area contributed by atoms with Gasteiger partial charge < -0.3 is 15.4 Å². The van der Waals surface area contributed by atoms with Crippen LogP contribution in [0.2, 0.25) is 0 Å². The van der Waals surface area contributed by atoms with Crippen molar-refractivity contribution in [3.8, 4) is 0 Å². The molecule has 0 radical (unpaired) electrons. The molecule has 2 amide bonds. The first-order valence-electron chi connectivity index (χ1n) is 7.28. The van der Waals surface area contributed by atoms with E-state index in [0.29, 0.717) is 10.1 Å². The third kappa shape index (κ3) is 4.76. The molecule has 0 aliphatic carbocycles. The van der Waals surface area contributed by atoms with Crippen LogP contribution in [-0.2, 0) is 14.3 Å².